The van der Waals surface area contributed by atoms with Crippen molar-refractivity contribution in [2.45, 2.75) is 19.4 Å². The zero-order valence-corrected chi connectivity index (χ0v) is 14.9. The number of rotatable bonds is 1. The Morgan fingerprint density at radius 3 is 2.52 bits per heavy atom. The van der Waals surface area contributed by atoms with Gasteiger partial charge in [0.25, 0.3) is 0 Å². The molecule has 3 aromatic rings. The fourth-order valence-corrected chi connectivity index (χ4v) is 3.14. The highest BCUT2D eigenvalue weighted by molar-refractivity contribution is 5.84. The standard InChI is InChI=1S/C13H16N2.C8H8.CH2O/c1-15-8-2-3-10-4-5-13-11(6-7-14-13)12(10)9-15;1-2-8-6-4-3-5-7-8;1-2/h4-7,14H,2-3,8-9H2,1H3;2-7H,1H2;1H2. The van der Waals surface area contributed by atoms with Crippen molar-refractivity contribution < 1.29 is 4.79 Å². The average molecular weight is 334 g/mol. The van der Waals surface area contributed by atoms with Gasteiger partial charge in [0, 0.05) is 23.6 Å². The fraction of sp³-hybridized carbons (Fsp3) is 0.227. The van der Waals surface area contributed by atoms with E-state index in [1.54, 1.807) is 0 Å². The van der Waals surface area contributed by atoms with Crippen molar-refractivity contribution in [2.24, 2.45) is 0 Å². The Balaban J connectivity index is 0.000000192. The van der Waals surface area contributed by atoms with Crippen molar-refractivity contribution in [3.05, 3.63) is 78.0 Å². The summed E-state index contributed by atoms with van der Waals surface area (Å²) >= 11 is 0. The van der Waals surface area contributed by atoms with Crippen LogP contribution in [0.15, 0.2) is 61.3 Å². The third kappa shape index (κ3) is 4.91. The number of carbonyl (C=O) groups excluding carboxylic acids is 1. The van der Waals surface area contributed by atoms with Gasteiger partial charge in [-0.05, 0) is 55.3 Å². The lowest BCUT2D eigenvalue weighted by atomic mass is 10.0. The molecule has 1 N–H and O–H groups in total. The lowest BCUT2D eigenvalue weighted by Crippen LogP contribution is -2.17. The van der Waals surface area contributed by atoms with Gasteiger partial charge < -0.3 is 14.7 Å². The average Bonchev–Trinajstić information content (AvgIpc) is 3.07. The number of fused-ring (bicyclic) bond motifs is 3. The predicted molar refractivity (Wildman–Crippen MR) is 107 cm³/mol. The number of nitrogens with one attached hydrogen (secondary N) is 1. The molecule has 2 heterocycles. The summed E-state index contributed by atoms with van der Waals surface area (Å²) < 4.78 is 0. The van der Waals surface area contributed by atoms with E-state index in [-0.39, 0.29) is 0 Å². The number of benzene rings is 2. The first kappa shape index (κ1) is 18.7. The van der Waals surface area contributed by atoms with E-state index >= 15 is 0 Å². The second-order valence-electron chi connectivity index (χ2n) is 6.10. The van der Waals surface area contributed by atoms with Crippen LogP contribution < -0.4 is 0 Å². The summed E-state index contributed by atoms with van der Waals surface area (Å²) in [5, 5.41) is 1.40. The minimum absolute atomic E-state index is 1.09. The maximum atomic E-state index is 8.00. The Labute approximate surface area is 150 Å². The number of carbonyl (C=O) groups is 1. The minimum Gasteiger partial charge on any atom is -0.361 e. The number of hydrogen-bond acceptors (Lipinski definition) is 2. The molecule has 25 heavy (non-hydrogen) atoms. The van der Waals surface area contributed by atoms with Crippen molar-refractivity contribution >= 4 is 23.8 Å². The van der Waals surface area contributed by atoms with Crippen LogP contribution in [0.4, 0.5) is 0 Å². The van der Waals surface area contributed by atoms with E-state index in [1.807, 2.05) is 49.4 Å². The molecule has 2 aromatic carbocycles. The number of aryl methyl sites for hydroxylation is 1. The van der Waals surface area contributed by atoms with Gasteiger partial charge in [0.1, 0.15) is 6.79 Å². The SMILES string of the molecule is C=Cc1ccccc1.C=O.CN1CCCc2ccc3[nH]ccc3c2C1. The Bertz CT molecular complexity index is 792. The van der Waals surface area contributed by atoms with Crippen LogP contribution in [-0.4, -0.2) is 30.3 Å². The molecule has 0 unspecified atom stereocenters. The largest absolute Gasteiger partial charge is 0.361 e. The van der Waals surface area contributed by atoms with E-state index < -0.39 is 0 Å². The van der Waals surface area contributed by atoms with Crippen molar-refractivity contribution in [2.75, 3.05) is 13.6 Å². The van der Waals surface area contributed by atoms with Gasteiger partial charge >= 0.3 is 0 Å². The normalized spacial score (nSPS) is 13.5. The summed E-state index contributed by atoms with van der Waals surface area (Å²) in [4.78, 5) is 13.7. The maximum absolute atomic E-state index is 8.00. The van der Waals surface area contributed by atoms with Gasteiger partial charge in [-0.15, -0.1) is 0 Å². The number of aromatic amines is 1. The Kier molecular flexibility index (Phi) is 7.17. The summed E-state index contributed by atoms with van der Waals surface area (Å²) in [6.45, 7) is 7.93. The van der Waals surface area contributed by atoms with Crippen LogP contribution in [0.3, 0.4) is 0 Å². The minimum atomic E-state index is 1.09. The number of nitrogens with zero attached hydrogens (tertiary/aromatic N) is 1. The molecule has 0 atom stereocenters. The van der Waals surface area contributed by atoms with Crippen LogP contribution in [0.2, 0.25) is 0 Å². The highest BCUT2D eigenvalue weighted by Crippen LogP contribution is 2.26. The van der Waals surface area contributed by atoms with Gasteiger partial charge in [0.2, 0.25) is 0 Å². The number of aromatic nitrogens is 1. The molecule has 0 bridgehead atoms. The fourth-order valence-electron chi connectivity index (χ4n) is 3.14. The van der Waals surface area contributed by atoms with Crippen molar-refractivity contribution in [1.82, 2.24) is 9.88 Å². The molecule has 0 saturated carbocycles. The van der Waals surface area contributed by atoms with E-state index in [0.29, 0.717) is 0 Å². The Morgan fingerprint density at radius 2 is 1.84 bits per heavy atom. The third-order valence-corrected chi connectivity index (χ3v) is 4.39. The smallest absolute Gasteiger partial charge is 0.106 e. The van der Waals surface area contributed by atoms with Gasteiger partial charge in [0.05, 0.1) is 0 Å². The molecule has 1 aliphatic heterocycles. The molecule has 130 valence electrons. The maximum Gasteiger partial charge on any atom is 0.106 e. The molecule has 3 heteroatoms. The molecule has 4 rings (SSSR count). The molecule has 3 nitrogen and oxygen atoms in total. The first-order valence-electron chi connectivity index (χ1n) is 8.50. The summed E-state index contributed by atoms with van der Waals surface area (Å²) in [5.74, 6) is 0. The highest BCUT2D eigenvalue weighted by Gasteiger charge is 2.14. The molecule has 0 aliphatic carbocycles. The monoisotopic (exact) mass is 334 g/mol. The lowest BCUT2D eigenvalue weighted by molar-refractivity contribution is -0.0979. The van der Waals surface area contributed by atoms with Crippen LogP contribution >= 0.6 is 0 Å². The lowest BCUT2D eigenvalue weighted by Gasteiger charge is -2.14. The molecular weight excluding hydrogens is 308 g/mol. The second kappa shape index (κ2) is 9.60. The molecule has 1 aliphatic rings. The zero-order chi connectivity index (χ0) is 18.1. The second-order valence-corrected chi connectivity index (χ2v) is 6.10. The topological polar surface area (TPSA) is 36.1 Å². The zero-order valence-electron chi connectivity index (χ0n) is 14.9. The van der Waals surface area contributed by atoms with Crippen LogP contribution in [0.1, 0.15) is 23.1 Å². The molecule has 0 spiro atoms. The van der Waals surface area contributed by atoms with Crippen molar-refractivity contribution in [3.8, 4) is 0 Å². The first-order chi connectivity index (χ1) is 12.3. The van der Waals surface area contributed by atoms with Gasteiger partial charge in [-0.2, -0.15) is 0 Å². The Hall–Kier alpha value is -2.65. The summed E-state index contributed by atoms with van der Waals surface area (Å²) in [6.07, 6.45) is 6.37. The molecule has 0 saturated heterocycles. The third-order valence-electron chi connectivity index (χ3n) is 4.39. The van der Waals surface area contributed by atoms with Gasteiger partial charge in [0.15, 0.2) is 0 Å². The van der Waals surface area contributed by atoms with Crippen molar-refractivity contribution in [1.29, 1.82) is 0 Å². The van der Waals surface area contributed by atoms with E-state index in [1.165, 1.54) is 47.0 Å². The predicted octanol–water partition coefficient (Wildman–Crippen LogP) is 4.69. The molecule has 0 radical (unpaired) electrons. The van der Waals surface area contributed by atoms with Crippen LogP contribution in [0.5, 0.6) is 0 Å². The summed E-state index contributed by atoms with van der Waals surface area (Å²) in [7, 11) is 2.21. The van der Waals surface area contributed by atoms with Crippen LogP contribution in [-0.2, 0) is 17.8 Å². The highest BCUT2D eigenvalue weighted by atomic mass is 16.1. The molecule has 1 aromatic heterocycles. The van der Waals surface area contributed by atoms with Crippen molar-refractivity contribution in [3.63, 3.8) is 0 Å². The van der Waals surface area contributed by atoms with Crippen LogP contribution in [0, 0.1) is 0 Å². The molecule has 0 amide bonds. The number of hydrogen-bond donors (Lipinski definition) is 1. The Morgan fingerprint density at radius 1 is 1.08 bits per heavy atom. The summed E-state index contributed by atoms with van der Waals surface area (Å²) in [6, 6.07) is 16.7. The quantitative estimate of drug-likeness (QED) is 0.701. The van der Waals surface area contributed by atoms with Gasteiger partial charge in [-0.1, -0.05) is 49.1 Å². The van der Waals surface area contributed by atoms with E-state index in [0.717, 1.165) is 6.54 Å². The summed E-state index contributed by atoms with van der Waals surface area (Å²) in [5.41, 5.74) is 5.50. The van der Waals surface area contributed by atoms with E-state index in [2.05, 4.69) is 41.7 Å². The van der Waals surface area contributed by atoms with E-state index in [9.17, 15) is 0 Å². The van der Waals surface area contributed by atoms with Gasteiger partial charge in [-0.3, -0.25) is 0 Å². The van der Waals surface area contributed by atoms with E-state index in [4.69, 9.17) is 4.79 Å². The first-order valence-corrected chi connectivity index (χ1v) is 8.50. The van der Waals surface area contributed by atoms with Gasteiger partial charge in [-0.25, -0.2) is 0 Å². The molecular formula is C22H26N2O. The van der Waals surface area contributed by atoms with Crippen LogP contribution in [0.25, 0.3) is 17.0 Å². The molecule has 0 fully saturated rings. The number of H-pyrrole nitrogens is 1.